The van der Waals surface area contributed by atoms with Crippen molar-refractivity contribution in [3.8, 4) is 0 Å². The first-order chi connectivity index (χ1) is 10.2. The van der Waals surface area contributed by atoms with Crippen LogP contribution in [0.1, 0.15) is 42.4 Å². The van der Waals surface area contributed by atoms with Gasteiger partial charge in [0.1, 0.15) is 5.76 Å². The number of hydrogen-bond donors (Lipinski definition) is 2. The third kappa shape index (κ3) is 2.28. The molecule has 1 saturated carbocycles. The standard InChI is InChI=1S/C17H19F2NO2/c1-10-3-4-11(2)12(9-10)13-14(21)16(20-15(13)22)5-7-17(18,19)8-6-16/h3-4,9,21H,5-8H2,1-2H3,(H,20,22). The number of aliphatic hydroxyl groups excluding tert-OH is 1. The van der Waals surface area contributed by atoms with E-state index in [9.17, 15) is 18.7 Å². The summed E-state index contributed by atoms with van der Waals surface area (Å²) in [6.45, 7) is 3.77. The number of alkyl halides is 2. The number of rotatable bonds is 1. The first kappa shape index (κ1) is 15.0. The van der Waals surface area contributed by atoms with Crippen LogP contribution in [-0.2, 0) is 4.79 Å². The molecule has 2 N–H and O–H groups in total. The van der Waals surface area contributed by atoms with Gasteiger partial charge < -0.3 is 10.4 Å². The third-order valence-corrected chi connectivity index (χ3v) is 4.77. The fraction of sp³-hybridized carbons (Fsp3) is 0.471. The van der Waals surface area contributed by atoms with Crippen LogP contribution in [0.2, 0.25) is 0 Å². The quantitative estimate of drug-likeness (QED) is 0.832. The molecule has 1 aromatic rings. The molecular formula is C17H19F2NO2. The van der Waals surface area contributed by atoms with Crippen LogP contribution in [0.3, 0.4) is 0 Å². The Labute approximate surface area is 128 Å². The zero-order valence-electron chi connectivity index (χ0n) is 12.7. The van der Waals surface area contributed by atoms with Crippen molar-refractivity contribution in [2.75, 3.05) is 0 Å². The van der Waals surface area contributed by atoms with Crippen LogP contribution in [0.5, 0.6) is 0 Å². The number of halogens is 2. The summed E-state index contributed by atoms with van der Waals surface area (Å²) in [6.07, 6.45) is -0.521. The second-order valence-corrected chi connectivity index (χ2v) is 6.43. The van der Waals surface area contributed by atoms with Crippen molar-refractivity contribution in [3.63, 3.8) is 0 Å². The van der Waals surface area contributed by atoms with Gasteiger partial charge in [-0.25, -0.2) is 8.78 Å². The second-order valence-electron chi connectivity index (χ2n) is 6.43. The summed E-state index contributed by atoms with van der Waals surface area (Å²) < 4.78 is 26.8. The van der Waals surface area contributed by atoms with E-state index in [0.717, 1.165) is 11.1 Å². The van der Waals surface area contributed by atoms with E-state index in [0.29, 0.717) is 5.56 Å². The van der Waals surface area contributed by atoms with E-state index in [1.165, 1.54) is 0 Å². The van der Waals surface area contributed by atoms with Crippen molar-refractivity contribution < 1.29 is 18.7 Å². The highest BCUT2D eigenvalue weighted by Gasteiger charge is 2.51. The van der Waals surface area contributed by atoms with Crippen molar-refractivity contribution in [2.45, 2.75) is 51.0 Å². The number of amides is 1. The van der Waals surface area contributed by atoms with Gasteiger partial charge >= 0.3 is 0 Å². The Morgan fingerprint density at radius 2 is 1.77 bits per heavy atom. The van der Waals surface area contributed by atoms with Gasteiger partial charge in [-0.2, -0.15) is 0 Å². The fourth-order valence-electron chi connectivity index (χ4n) is 3.35. The molecule has 0 atom stereocenters. The molecule has 118 valence electrons. The lowest BCUT2D eigenvalue weighted by Gasteiger charge is -2.36. The Morgan fingerprint density at radius 3 is 2.41 bits per heavy atom. The van der Waals surface area contributed by atoms with Crippen LogP contribution in [0, 0.1) is 13.8 Å². The summed E-state index contributed by atoms with van der Waals surface area (Å²) in [4.78, 5) is 12.4. The number of carbonyl (C=O) groups excluding carboxylic acids is 1. The molecule has 1 spiro atoms. The zero-order chi connectivity index (χ0) is 16.1. The van der Waals surface area contributed by atoms with Crippen LogP contribution in [0.15, 0.2) is 24.0 Å². The minimum absolute atomic E-state index is 0.0614. The minimum Gasteiger partial charge on any atom is -0.509 e. The molecule has 0 unspecified atom stereocenters. The Kier molecular flexibility index (Phi) is 3.27. The van der Waals surface area contributed by atoms with Gasteiger partial charge in [-0.3, -0.25) is 4.79 Å². The largest absolute Gasteiger partial charge is 0.509 e. The lowest BCUT2D eigenvalue weighted by Crippen LogP contribution is -2.49. The fourth-order valence-corrected chi connectivity index (χ4v) is 3.35. The van der Waals surface area contributed by atoms with E-state index in [1.807, 2.05) is 32.0 Å². The smallest absolute Gasteiger partial charge is 0.256 e. The molecule has 1 aliphatic carbocycles. The second kappa shape index (κ2) is 4.80. The molecule has 1 heterocycles. The van der Waals surface area contributed by atoms with Crippen molar-refractivity contribution in [1.29, 1.82) is 0 Å². The number of hydrogen-bond acceptors (Lipinski definition) is 2. The molecule has 0 saturated heterocycles. The summed E-state index contributed by atoms with van der Waals surface area (Å²) in [5.41, 5.74) is 1.73. The third-order valence-electron chi connectivity index (χ3n) is 4.77. The Bertz CT molecular complexity index is 669. The van der Waals surface area contributed by atoms with Crippen molar-refractivity contribution in [3.05, 3.63) is 40.6 Å². The number of aryl methyl sites for hydroxylation is 2. The minimum atomic E-state index is -2.71. The van der Waals surface area contributed by atoms with E-state index in [-0.39, 0.29) is 42.9 Å². The first-order valence-corrected chi connectivity index (χ1v) is 7.46. The predicted molar refractivity (Wildman–Crippen MR) is 79.8 cm³/mol. The average Bonchev–Trinajstić information content (AvgIpc) is 2.68. The van der Waals surface area contributed by atoms with Crippen LogP contribution >= 0.6 is 0 Å². The van der Waals surface area contributed by atoms with Gasteiger partial charge in [-0.15, -0.1) is 0 Å². The van der Waals surface area contributed by atoms with Gasteiger partial charge in [0.15, 0.2) is 0 Å². The number of carbonyl (C=O) groups is 1. The van der Waals surface area contributed by atoms with Crippen LogP contribution < -0.4 is 5.32 Å². The molecule has 2 aliphatic rings. The highest BCUT2D eigenvalue weighted by molar-refractivity contribution is 6.23. The number of aliphatic hydroxyl groups is 1. The monoisotopic (exact) mass is 307 g/mol. The average molecular weight is 307 g/mol. The van der Waals surface area contributed by atoms with Crippen molar-refractivity contribution >= 4 is 11.5 Å². The van der Waals surface area contributed by atoms with Crippen LogP contribution in [0.4, 0.5) is 8.78 Å². The van der Waals surface area contributed by atoms with Gasteiger partial charge in [0.2, 0.25) is 5.92 Å². The molecular weight excluding hydrogens is 288 g/mol. The maximum Gasteiger partial charge on any atom is 0.256 e. The molecule has 1 fully saturated rings. The number of benzene rings is 1. The van der Waals surface area contributed by atoms with E-state index in [2.05, 4.69) is 5.32 Å². The molecule has 3 rings (SSSR count). The van der Waals surface area contributed by atoms with Gasteiger partial charge in [-0.1, -0.05) is 23.8 Å². The summed E-state index contributed by atoms with van der Waals surface area (Å²) in [5, 5.41) is 13.4. The molecule has 1 aliphatic heterocycles. The van der Waals surface area contributed by atoms with E-state index in [4.69, 9.17) is 0 Å². The van der Waals surface area contributed by atoms with E-state index >= 15 is 0 Å². The normalized spacial score (nSPS) is 23.0. The van der Waals surface area contributed by atoms with Gasteiger partial charge in [0.25, 0.3) is 5.91 Å². The molecule has 0 radical (unpaired) electrons. The highest BCUT2D eigenvalue weighted by atomic mass is 19.3. The Morgan fingerprint density at radius 1 is 1.14 bits per heavy atom. The summed E-state index contributed by atoms with van der Waals surface area (Å²) in [5.74, 6) is -3.17. The molecule has 22 heavy (non-hydrogen) atoms. The first-order valence-electron chi connectivity index (χ1n) is 7.46. The van der Waals surface area contributed by atoms with Crippen molar-refractivity contribution in [2.24, 2.45) is 0 Å². The van der Waals surface area contributed by atoms with E-state index in [1.54, 1.807) is 0 Å². The lowest BCUT2D eigenvalue weighted by atomic mass is 9.78. The Balaban J connectivity index is 2.04. The van der Waals surface area contributed by atoms with E-state index < -0.39 is 11.5 Å². The maximum atomic E-state index is 13.4. The molecule has 1 aromatic carbocycles. The summed E-state index contributed by atoms with van der Waals surface area (Å²) in [7, 11) is 0. The summed E-state index contributed by atoms with van der Waals surface area (Å²) >= 11 is 0. The molecule has 0 aromatic heterocycles. The number of nitrogens with one attached hydrogen (secondary N) is 1. The van der Waals surface area contributed by atoms with Crippen LogP contribution in [0.25, 0.3) is 5.57 Å². The topological polar surface area (TPSA) is 49.3 Å². The highest BCUT2D eigenvalue weighted by Crippen LogP contribution is 2.46. The molecule has 1 amide bonds. The van der Waals surface area contributed by atoms with Gasteiger partial charge in [0.05, 0.1) is 11.1 Å². The molecule has 0 bridgehead atoms. The zero-order valence-corrected chi connectivity index (χ0v) is 12.7. The SMILES string of the molecule is Cc1ccc(C)c(C2=C(O)C3(CCC(F)(F)CC3)NC2=O)c1. The molecule has 3 nitrogen and oxygen atoms in total. The van der Waals surface area contributed by atoms with Crippen LogP contribution in [-0.4, -0.2) is 22.5 Å². The Hall–Kier alpha value is -1.91. The summed E-state index contributed by atoms with van der Waals surface area (Å²) in [6, 6.07) is 5.66. The van der Waals surface area contributed by atoms with Crippen molar-refractivity contribution in [1.82, 2.24) is 5.32 Å². The maximum absolute atomic E-state index is 13.4. The lowest BCUT2D eigenvalue weighted by molar-refractivity contribution is -0.117. The van der Waals surface area contributed by atoms with Gasteiger partial charge in [-0.05, 0) is 37.8 Å². The molecule has 5 heteroatoms. The predicted octanol–water partition coefficient (Wildman–Crippen LogP) is 3.65. The van der Waals surface area contributed by atoms with Gasteiger partial charge in [0, 0.05) is 12.8 Å².